The Morgan fingerprint density at radius 3 is 2.52 bits per heavy atom. The summed E-state index contributed by atoms with van der Waals surface area (Å²) in [5.41, 5.74) is 3.03. The lowest BCUT2D eigenvalue weighted by Gasteiger charge is -2.12. The number of fused-ring (bicyclic) bond motifs is 1. The molecule has 8 heteroatoms. The van der Waals surface area contributed by atoms with E-state index in [1.54, 1.807) is 27.7 Å². The summed E-state index contributed by atoms with van der Waals surface area (Å²) in [6.07, 6.45) is 3.08. The van der Waals surface area contributed by atoms with E-state index >= 15 is 0 Å². The van der Waals surface area contributed by atoms with Crippen molar-refractivity contribution in [2.45, 2.75) is 13.1 Å². The number of aromatic nitrogens is 4. The van der Waals surface area contributed by atoms with Gasteiger partial charge in [-0.15, -0.1) is 0 Å². The van der Waals surface area contributed by atoms with E-state index in [0.717, 1.165) is 11.3 Å². The van der Waals surface area contributed by atoms with E-state index in [1.165, 1.54) is 6.20 Å². The molecule has 0 spiro atoms. The van der Waals surface area contributed by atoms with Crippen molar-refractivity contribution < 1.29 is 4.79 Å². The molecule has 0 saturated carbocycles. The fraction of sp³-hybridized carbons (Fsp3) is 0.217. The highest BCUT2D eigenvalue weighted by molar-refractivity contribution is 5.94. The molecule has 0 unspecified atom stereocenters. The number of anilines is 1. The maximum absolute atomic E-state index is 12.8. The van der Waals surface area contributed by atoms with Crippen LogP contribution in [0.1, 0.15) is 15.9 Å². The molecule has 31 heavy (non-hydrogen) atoms. The third-order valence-corrected chi connectivity index (χ3v) is 5.07. The van der Waals surface area contributed by atoms with Crippen LogP contribution in [-0.2, 0) is 13.1 Å². The standard InChI is InChI=1S/C23H24N6O2/c1-27(2)19-10-8-18(9-11-19)22(30)24-12-13-29-21-20(14-26-29)23(31)28(16-25-21)15-17-6-4-3-5-7-17/h3-11,14,16H,12-13,15H2,1-2H3,(H,24,30). The van der Waals surface area contributed by atoms with E-state index in [4.69, 9.17) is 0 Å². The van der Waals surface area contributed by atoms with Gasteiger partial charge >= 0.3 is 0 Å². The topological polar surface area (TPSA) is 85.0 Å². The van der Waals surface area contributed by atoms with Gasteiger partial charge in [0, 0.05) is 31.9 Å². The molecule has 1 amide bonds. The lowest BCUT2D eigenvalue weighted by atomic mass is 10.2. The SMILES string of the molecule is CN(C)c1ccc(C(=O)NCCn2ncc3c(=O)n(Cc4ccccc4)cnc32)cc1. The summed E-state index contributed by atoms with van der Waals surface area (Å²) >= 11 is 0. The number of carbonyl (C=O) groups is 1. The molecular formula is C23H24N6O2. The first-order valence-corrected chi connectivity index (χ1v) is 10.0. The number of rotatable bonds is 7. The van der Waals surface area contributed by atoms with Crippen LogP contribution in [-0.4, -0.2) is 45.9 Å². The zero-order valence-corrected chi connectivity index (χ0v) is 17.5. The zero-order valence-electron chi connectivity index (χ0n) is 17.5. The molecule has 0 bridgehead atoms. The molecule has 0 radical (unpaired) electrons. The third-order valence-electron chi connectivity index (χ3n) is 5.07. The normalized spacial score (nSPS) is 10.9. The number of hydrogen-bond acceptors (Lipinski definition) is 5. The van der Waals surface area contributed by atoms with Crippen LogP contribution < -0.4 is 15.8 Å². The number of benzene rings is 2. The van der Waals surface area contributed by atoms with Crippen molar-refractivity contribution in [2.24, 2.45) is 0 Å². The van der Waals surface area contributed by atoms with Gasteiger partial charge in [-0.1, -0.05) is 30.3 Å². The molecular weight excluding hydrogens is 392 g/mol. The van der Waals surface area contributed by atoms with Crippen LogP contribution in [0.2, 0.25) is 0 Å². The van der Waals surface area contributed by atoms with E-state index in [1.807, 2.05) is 61.5 Å². The second-order valence-electron chi connectivity index (χ2n) is 7.47. The molecule has 2 heterocycles. The largest absolute Gasteiger partial charge is 0.378 e. The van der Waals surface area contributed by atoms with Gasteiger partial charge in [-0.3, -0.25) is 14.2 Å². The maximum atomic E-state index is 12.8. The summed E-state index contributed by atoms with van der Waals surface area (Å²) in [6, 6.07) is 17.2. The van der Waals surface area contributed by atoms with Crippen LogP contribution in [0.3, 0.4) is 0 Å². The summed E-state index contributed by atoms with van der Waals surface area (Å²) in [5, 5.41) is 7.64. The summed E-state index contributed by atoms with van der Waals surface area (Å²) < 4.78 is 3.21. The average molecular weight is 416 g/mol. The van der Waals surface area contributed by atoms with Crippen LogP contribution in [0.5, 0.6) is 0 Å². The highest BCUT2D eigenvalue weighted by atomic mass is 16.1. The number of nitrogens with zero attached hydrogens (tertiary/aromatic N) is 5. The van der Waals surface area contributed by atoms with E-state index in [0.29, 0.717) is 36.2 Å². The van der Waals surface area contributed by atoms with Crippen LogP contribution in [0, 0.1) is 0 Å². The molecule has 2 aromatic heterocycles. The van der Waals surface area contributed by atoms with Gasteiger partial charge in [0.15, 0.2) is 5.65 Å². The summed E-state index contributed by atoms with van der Waals surface area (Å²) in [5.74, 6) is -0.153. The average Bonchev–Trinajstić information content (AvgIpc) is 3.20. The van der Waals surface area contributed by atoms with E-state index in [2.05, 4.69) is 15.4 Å². The lowest BCUT2D eigenvalue weighted by Crippen LogP contribution is -2.28. The highest BCUT2D eigenvalue weighted by Gasteiger charge is 2.11. The lowest BCUT2D eigenvalue weighted by molar-refractivity contribution is 0.0952. The molecule has 0 atom stereocenters. The molecule has 8 nitrogen and oxygen atoms in total. The van der Waals surface area contributed by atoms with Crippen molar-refractivity contribution in [2.75, 3.05) is 25.5 Å². The summed E-state index contributed by atoms with van der Waals surface area (Å²) in [7, 11) is 3.90. The Hall–Kier alpha value is -3.94. The highest BCUT2D eigenvalue weighted by Crippen LogP contribution is 2.12. The summed E-state index contributed by atoms with van der Waals surface area (Å²) in [6.45, 7) is 1.25. The third kappa shape index (κ3) is 4.48. The Morgan fingerprint density at radius 2 is 1.81 bits per heavy atom. The van der Waals surface area contributed by atoms with Crippen molar-refractivity contribution in [3.05, 3.63) is 88.6 Å². The van der Waals surface area contributed by atoms with Crippen molar-refractivity contribution in [1.82, 2.24) is 24.6 Å². The zero-order chi connectivity index (χ0) is 21.8. The Balaban J connectivity index is 1.41. The molecule has 4 rings (SSSR count). The Labute approximate surface area is 179 Å². The van der Waals surface area contributed by atoms with Gasteiger partial charge in [0.05, 0.1) is 19.3 Å². The number of nitrogens with one attached hydrogen (secondary N) is 1. The fourth-order valence-corrected chi connectivity index (χ4v) is 3.34. The minimum atomic E-state index is -0.153. The predicted molar refractivity (Wildman–Crippen MR) is 120 cm³/mol. The van der Waals surface area contributed by atoms with Gasteiger partial charge < -0.3 is 10.2 Å². The van der Waals surface area contributed by atoms with E-state index < -0.39 is 0 Å². The van der Waals surface area contributed by atoms with Crippen LogP contribution in [0.15, 0.2) is 71.9 Å². The molecule has 4 aromatic rings. The molecule has 0 aliphatic rings. The first-order valence-electron chi connectivity index (χ1n) is 10.0. The number of amides is 1. The van der Waals surface area contributed by atoms with Crippen molar-refractivity contribution >= 4 is 22.6 Å². The Kier molecular flexibility index (Phi) is 5.79. The predicted octanol–water partition coefficient (Wildman–Crippen LogP) is 2.14. The molecule has 2 aromatic carbocycles. The molecule has 1 N–H and O–H groups in total. The number of carbonyl (C=O) groups excluding carboxylic acids is 1. The fourth-order valence-electron chi connectivity index (χ4n) is 3.34. The van der Waals surface area contributed by atoms with Crippen molar-refractivity contribution in [1.29, 1.82) is 0 Å². The monoisotopic (exact) mass is 416 g/mol. The quantitative estimate of drug-likeness (QED) is 0.499. The number of hydrogen-bond donors (Lipinski definition) is 1. The molecule has 0 saturated heterocycles. The minimum Gasteiger partial charge on any atom is -0.378 e. The van der Waals surface area contributed by atoms with E-state index in [9.17, 15) is 9.59 Å². The smallest absolute Gasteiger partial charge is 0.264 e. The molecule has 0 aliphatic carbocycles. The maximum Gasteiger partial charge on any atom is 0.264 e. The van der Waals surface area contributed by atoms with Crippen molar-refractivity contribution in [3.63, 3.8) is 0 Å². The molecule has 158 valence electrons. The van der Waals surface area contributed by atoms with Gasteiger partial charge in [0.2, 0.25) is 0 Å². The minimum absolute atomic E-state index is 0.134. The van der Waals surface area contributed by atoms with Crippen LogP contribution in [0.4, 0.5) is 5.69 Å². The van der Waals surface area contributed by atoms with Crippen molar-refractivity contribution in [3.8, 4) is 0 Å². The first-order chi connectivity index (χ1) is 15.0. The van der Waals surface area contributed by atoms with Gasteiger partial charge in [0.25, 0.3) is 11.5 Å². The Bertz CT molecular complexity index is 1240. The molecule has 0 aliphatic heterocycles. The second-order valence-corrected chi connectivity index (χ2v) is 7.47. The van der Waals surface area contributed by atoms with Crippen LogP contribution in [0.25, 0.3) is 11.0 Å². The first kappa shape index (κ1) is 20.3. The van der Waals surface area contributed by atoms with Gasteiger partial charge in [-0.25, -0.2) is 9.67 Å². The molecule has 0 fully saturated rings. The van der Waals surface area contributed by atoms with Gasteiger partial charge in [0.1, 0.15) is 11.7 Å². The Morgan fingerprint density at radius 1 is 1.06 bits per heavy atom. The summed E-state index contributed by atoms with van der Waals surface area (Å²) in [4.78, 5) is 31.6. The second kappa shape index (κ2) is 8.83. The van der Waals surface area contributed by atoms with Gasteiger partial charge in [-0.05, 0) is 29.8 Å². The van der Waals surface area contributed by atoms with Crippen LogP contribution >= 0.6 is 0 Å². The van der Waals surface area contributed by atoms with E-state index in [-0.39, 0.29) is 11.5 Å². The van der Waals surface area contributed by atoms with Gasteiger partial charge in [-0.2, -0.15) is 5.10 Å².